The Bertz CT molecular complexity index is 264. The molecule has 2 rings (SSSR count). The molecule has 0 unspecified atom stereocenters. The maximum atomic E-state index is 5.41. The van der Waals surface area contributed by atoms with E-state index in [1.165, 1.54) is 38.5 Å². The van der Waals surface area contributed by atoms with Crippen LogP contribution in [0.25, 0.3) is 0 Å². The van der Waals surface area contributed by atoms with Crippen molar-refractivity contribution in [2.75, 3.05) is 5.73 Å². The SMILES string of the molecule is Nc1noc(C2CCCCCC2)n1. The van der Waals surface area contributed by atoms with Crippen molar-refractivity contribution in [3.05, 3.63) is 5.89 Å². The summed E-state index contributed by atoms with van der Waals surface area (Å²) in [6, 6.07) is 0. The zero-order chi connectivity index (χ0) is 9.10. The van der Waals surface area contributed by atoms with E-state index in [9.17, 15) is 0 Å². The summed E-state index contributed by atoms with van der Waals surface area (Å²) in [5.74, 6) is 1.45. The van der Waals surface area contributed by atoms with Crippen LogP contribution >= 0.6 is 0 Å². The summed E-state index contributed by atoms with van der Waals surface area (Å²) in [7, 11) is 0. The lowest BCUT2D eigenvalue weighted by Gasteiger charge is -2.06. The largest absolute Gasteiger partial charge is 0.365 e. The minimum absolute atomic E-state index is 0.263. The average molecular weight is 181 g/mol. The van der Waals surface area contributed by atoms with Crippen molar-refractivity contribution < 1.29 is 4.52 Å². The van der Waals surface area contributed by atoms with E-state index in [0.29, 0.717) is 5.92 Å². The van der Waals surface area contributed by atoms with E-state index in [0.717, 1.165) is 5.89 Å². The van der Waals surface area contributed by atoms with Crippen molar-refractivity contribution in [3.8, 4) is 0 Å². The molecule has 0 saturated heterocycles. The van der Waals surface area contributed by atoms with Gasteiger partial charge in [-0.2, -0.15) is 4.98 Å². The third-order valence-corrected chi connectivity index (χ3v) is 2.66. The van der Waals surface area contributed by atoms with Crippen molar-refractivity contribution in [1.29, 1.82) is 0 Å². The lowest BCUT2D eigenvalue weighted by Crippen LogP contribution is -1.97. The smallest absolute Gasteiger partial charge is 0.260 e. The highest BCUT2D eigenvalue weighted by atomic mass is 16.5. The van der Waals surface area contributed by atoms with Gasteiger partial charge in [0.1, 0.15) is 0 Å². The Morgan fingerprint density at radius 2 is 1.85 bits per heavy atom. The highest BCUT2D eigenvalue weighted by Gasteiger charge is 2.19. The third kappa shape index (κ3) is 1.99. The molecule has 0 spiro atoms. The minimum atomic E-state index is 0.263. The highest BCUT2D eigenvalue weighted by molar-refractivity contribution is 5.12. The van der Waals surface area contributed by atoms with Gasteiger partial charge in [0.25, 0.3) is 5.95 Å². The molecule has 0 radical (unpaired) electrons. The number of hydrogen-bond donors (Lipinski definition) is 1. The van der Waals surface area contributed by atoms with Crippen LogP contribution in [0.2, 0.25) is 0 Å². The van der Waals surface area contributed by atoms with Crippen LogP contribution in [0.3, 0.4) is 0 Å². The van der Waals surface area contributed by atoms with E-state index in [2.05, 4.69) is 10.1 Å². The molecule has 0 amide bonds. The van der Waals surface area contributed by atoms with E-state index in [4.69, 9.17) is 10.3 Å². The van der Waals surface area contributed by atoms with Crippen LogP contribution in [0.15, 0.2) is 4.52 Å². The second-order valence-electron chi connectivity index (χ2n) is 3.68. The Hall–Kier alpha value is -1.06. The normalized spacial score (nSPS) is 20.0. The fraction of sp³-hybridized carbons (Fsp3) is 0.778. The predicted octanol–water partition coefficient (Wildman–Crippen LogP) is 2.09. The third-order valence-electron chi connectivity index (χ3n) is 2.66. The lowest BCUT2D eigenvalue weighted by atomic mass is 10.0. The first-order chi connectivity index (χ1) is 6.36. The molecule has 1 aromatic rings. The molecule has 1 aliphatic carbocycles. The van der Waals surface area contributed by atoms with Crippen LogP contribution < -0.4 is 5.73 Å². The van der Waals surface area contributed by atoms with Gasteiger partial charge in [-0.15, -0.1) is 0 Å². The topological polar surface area (TPSA) is 64.9 Å². The number of anilines is 1. The van der Waals surface area contributed by atoms with Crippen LogP contribution in [0.5, 0.6) is 0 Å². The second kappa shape index (κ2) is 3.77. The molecule has 1 fully saturated rings. The number of nitrogens with zero attached hydrogens (tertiary/aromatic N) is 2. The van der Waals surface area contributed by atoms with Gasteiger partial charge in [0.15, 0.2) is 0 Å². The first-order valence-electron chi connectivity index (χ1n) is 4.95. The average Bonchev–Trinajstić information content (AvgIpc) is 2.43. The van der Waals surface area contributed by atoms with Crippen molar-refractivity contribution >= 4 is 5.95 Å². The first kappa shape index (κ1) is 8.53. The molecule has 0 bridgehead atoms. The van der Waals surface area contributed by atoms with Crippen LogP contribution in [-0.2, 0) is 0 Å². The fourth-order valence-electron chi connectivity index (χ4n) is 1.94. The molecule has 2 N–H and O–H groups in total. The molecule has 13 heavy (non-hydrogen) atoms. The molecule has 0 atom stereocenters. The number of aromatic nitrogens is 2. The summed E-state index contributed by atoms with van der Waals surface area (Å²) >= 11 is 0. The van der Waals surface area contributed by atoms with Gasteiger partial charge in [0.2, 0.25) is 5.89 Å². The van der Waals surface area contributed by atoms with E-state index in [1.54, 1.807) is 0 Å². The molecular formula is C9H15N3O. The standard InChI is InChI=1S/C9H15N3O/c10-9-11-8(13-12-9)7-5-3-1-2-4-6-7/h7H,1-6H2,(H2,10,12). The van der Waals surface area contributed by atoms with E-state index >= 15 is 0 Å². The lowest BCUT2D eigenvalue weighted by molar-refractivity contribution is 0.341. The molecule has 1 aliphatic rings. The zero-order valence-corrected chi connectivity index (χ0v) is 7.70. The quantitative estimate of drug-likeness (QED) is 0.674. The van der Waals surface area contributed by atoms with Gasteiger partial charge in [-0.1, -0.05) is 25.7 Å². The van der Waals surface area contributed by atoms with Crippen LogP contribution in [0.1, 0.15) is 50.3 Å². The van der Waals surface area contributed by atoms with Gasteiger partial charge >= 0.3 is 0 Å². The van der Waals surface area contributed by atoms with Gasteiger partial charge in [-0.25, -0.2) is 0 Å². The summed E-state index contributed by atoms with van der Waals surface area (Å²) in [6.45, 7) is 0. The Morgan fingerprint density at radius 3 is 2.38 bits per heavy atom. The van der Waals surface area contributed by atoms with Gasteiger partial charge in [0, 0.05) is 5.92 Å². The summed E-state index contributed by atoms with van der Waals surface area (Å²) in [5, 5.41) is 3.61. The Labute approximate surface area is 77.5 Å². The highest BCUT2D eigenvalue weighted by Crippen LogP contribution is 2.30. The van der Waals surface area contributed by atoms with Gasteiger partial charge < -0.3 is 10.3 Å². The monoisotopic (exact) mass is 181 g/mol. The number of nitrogen functional groups attached to an aromatic ring is 1. The number of hydrogen-bond acceptors (Lipinski definition) is 4. The van der Waals surface area contributed by atoms with Crippen molar-refractivity contribution in [2.24, 2.45) is 0 Å². The van der Waals surface area contributed by atoms with Crippen molar-refractivity contribution in [2.45, 2.75) is 44.4 Å². The minimum Gasteiger partial charge on any atom is -0.365 e. The molecule has 0 aromatic carbocycles. The predicted molar refractivity (Wildman–Crippen MR) is 49.2 cm³/mol. The van der Waals surface area contributed by atoms with Gasteiger partial charge in [-0.3, -0.25) is 0 Å². The van der Waals surface area contributed by atoms with Gasteiger partial charge in [-0.05, 0) is 18.0 Å². The van der Waals surface area contributed by atoms with E-state index in [1.807, 2.05) is 0 Å². The number of nitrogens with two attached hydrogens (primary N) is 1. The molecule has 72 valence electrons. The molecular weight excluding hydrogens is 166 g/mol. The summed E-state index contributed by atoms with van der Waals surface area (Å²) in [5.41, 5.74) is 5.41. The Morgan fingerprint density at radius 1 is 1.15 bits per heavy atom. The Kier molecular flexibility index (Phi) is 2.47. The van der Waals surface area contributed by atoms with E-state index in [-0.39, 0.29) is 5.95 Å². The zero-order valence-electron chi connectivity index (χ0n) is 7.70. The Balaban J connectivity index is 2.06. The molecule has 1 heterocycles. The summed E-state index contributed by atoms with van der Waals surface area (Å²) < 4.78 is 5.07. The van der Waals surface area contributed by atoms with Crippen LogP contribution in [-0.4, -0.2) is 10.1 Å². The van der Waals surface area contributed by atoms with Crippen molar-refractivity contribution in [1.82, 2.24) is 10.1 Å². The first-order valence-corrected chi connectivity index (χ1v) is 4.95. The fourth-order valence-corrected chi connectivity index (χ4v) is 1.94. The maximum Gasteiger partial charge on any atom is 0.260 e. The molecule has 0 aliphatic heterocycles. The summed E-state index contributed by atoms with van der Waals surface area (Å²) in [6.07, 6.45) is 7.55. The summed E-state index contributed by atoms with van der Waals surface area (Å²) in [4.78, 5) is 4.08. The van der Waals surface area contributed by atoms with Crippen LogP contribution in [0.4, 0.5) is 5.95 Å². The van der Waals surface area contributed by atoms with Crippen LogP contribution in [0, 0.1) is 0 Å². The molecule has 4 heteroatoms. The molecule has 4 nitrogen and oxygen atoms in total. The molecule has 1 saturated carbocycles. The molecule has 1 aromatic heterocycles. The maximum absolute atomic E-state index is 5.41. The number of rotatable bonds is 1. The van der Waals surface area contributed by atoms with Crippen molar-refractivity contribution in [3.63, 3.8) is 0 Å². The second-order valence-corrected chi connectivity index (χ2v) is 3.68. The van der Waals surface area contributed by atoms with E-state index < -0.39 is 0 Å². The van der Waals surface area contributed by atoms with Gasteiger partial charge in [0.05, 0.1) is 0 Å².